The molecule has 0 aliphatic heterocycles. The van der Waals surface area contributed by atoms with E-state index in [2.05, 4.69) is 9.47 Å². The Labute approximate surface area is 196 Å². The van der Waals surface area contributed by atoms with Crippen molar-refractivity contribution in [2.24, 2.45) is 0 Å². The fourth-order valence-corrected chi connectivity index (χ4v) is 2.03. The number of ether oxygens (including phenoxy) is 2. The summed E-state index contributed by atoms with van der Waals surface area (Å²) in [6.45, 7) is -9.92. The Bertz CT molecular complexity index is 705. The molecule has 0 unspecified atom stereocenters. The van der Waals surface area contributed by atoms with Crippen molar-refractivity contribution in [3.63, 3.8) is 0 Å². The lowest BCUT2D eigenvalue weighted by atomic mass is 9.99. The highest BCUT2D eigenvalue weighted by molar-refractivity contribution is 5.05. The molecule has 0 aliphatic rings. The van der Waals surface area contributed by atoms with Gasteiger partial charge >= 0.3 is 60.2 Å². The second kappa shape index (κ2) is 11.2. The average molecular weight is 620 g/mol. The first-order chi connectivity index (χ1) is 16.5. The number of rotatable bonds is 16. The Hall–Kier alpha value is -1.52. The smallest absolute Gasteiger partial charge is 0.384 e. The zero-order valence-corrected chi connectivity index (χ0v) is 17.4. The van der Waals surface area contributed by atoms with Crippen molar-refractivity contribution in [1.29, 1.82) is 0 Å². The van der Waals surface area contributed by atoms with E-state index in [1.807, 2.05) is 0 Å². The molecule has 0 saturated heterocycles. The van der Waals surface area contributed by atoms with Crippen LogP contribution in [0.1, 0.15) is 0 Å². The van der Waals surface area contributed by atoms with Crippen molar-refractivity contribution < 1.29 is 102 Å². The molecule has 3 nitrogen and oxygen atoms in total. The van der Waals surface area contributed by atoms with Crippen LogP contribution in [-0.4, -0.2) is 97.9 Å². The van der Waals surface area contributed by atoms with Gasteiger partial charge in [0.25, 0.3) is 0 Å². The first-order valence-electron chi connectivity index (χ1n) is 8.91. The third kappa shape index (κ3) is 6.28. The lowest BCUT2D eigenvalue weighted by molar-refractivity contribution is -0.388. The van der Waals surface area contributed by atoms with E-state index in [0.29, 0.717) is 0 Å². The molecule has 0 rings (SSSR count). The van der Waals surface area contributed by atoms with Crippen LogP contribution in [0.3, 0.4) is 0 Å². The maximum absolute atomic E-state index is 13.3. The second-order valence-electron chi connectivity index (χ2n) is 7.24. The molecule has 0 aromatic carbocycles. The second-order valence-corrected chi connectivity index (χ2v) is 7.24. The molecule has 0 radical (unpaired) electrons. The third-order valence-electron chi connectivity index (χ3n) is 4.28. The number of aliphatic hydroxyl groups excluding tert-OH is 1. The van der Waals surface area contributed by atoms with Crippen LogP contribution < -0.4 is 0 Å². The van der Waals surface area contributed by atoms with E-state index >= 15 is 0 Å². The Balaban J connectivity index is 5.19. The minimum absolute atomic E-state index is 1.90. The molecule has 0 atom stereocenters. The molecular weight excluding hydrogens is 608 g/mol. The van der Waals surface area contributed by atoms with Gasteiger partial charge in [-0.15, -0.1) is 0 Å². The number of hydrogen-bond donors (Lipinski definition) is 1. The predicted octanol–water partition coefficient (Wildman–Crippen LogP) is 5.99. The SMILES string of the molecule is OC(COCC(F)(F)C(F)(F)C(F)(F)C(F)(F)C(F)F)COCC(F)(F)C(F)(F)C(F)(F)C(F)(F)C(F)F. The normalized spacial score (nSPS) is 15.8. The summed E-state index contributed by atoms with van der Waals surface area (Å²) in [6.07, 6.45) is -13.8. The summed E-state index contributed by atoms with van der Waals surface area (Å²) in [6, 6.07) is 0. The minimum Gasteiger partial charge on any atom is -0.388 e. The zero-order chi connectivity index (χ0) is 31.0. The monoisotopic (exact) mass is 620 g/mol. The van der Waals surface area contributed by atoms with E-state index in [9.17, 15) is 87.8 Å². The van der Waals surface area contributed by atoms with Gasteiger partial charge in [-0.3, -0.25) is 0 Å². The van der Waals surface area contributed by atoms with Crippen molar-refractivity contribution in [2.75, 3.05) is 26.4 Å². The summed E-state index contributed by atoms with van der Waals surface area (Å²) in [7, 11) is 0. The number of aliphatic hydroxyl groups is 1. The number of halogens is 20. The topological polar surface area (TPSA) is 38.7 Å². The van der Waals surface area contributed by atoms with E-state index in [0.717, 1.165) is 0 Å². The van der Waals surface area contributed by atoms with Crippen LogP contribution in [0, 0.1) is 0 Å². The maximum Gasteiger partial charge on any atom is 0.384 e. The van der Waals surface area contributed by atoms with Crippen LogP contribution >= 0.6 is 0 Å². The summed E-state index contributed by atoms with van der Waals surface area (Å²) < 4.78 is 264. The standard InChI is InChI=1S/C15H12F20O3/c16-6(17)10(24,25)14(32,33)12(28,29)8(20,21)3-37-1-5(36)2-38-4-9(22,23)13(30,31)15(34,35)11(26,27)7(18)19/h5-7,36H,1-4H2. The number of hydrogen-bond acceptors (Lipinski definition) is 3. The average Bonchev–Trinajstić information content (AvgIpc) is 2.72. The molecule has 0 heterocycles. The lowest BCUT2D eigenvalue weighted by Crippen LogP contribution is -2.65. The van der Waals surface area contributed by atoms with E-state index in [-0.39, 0.29) is 0 Å². The van der Waals surface area contributed by atoms with Gasteiger partial charge in [-0.25, -0.2) is 17.6 Å². The molecule has 23 heteroatoms. The van der Waals surface area contributed by atoms with Gasteiger partial charge in [0.2, 0.25) is 0 Å². The fraction of sp³-hybridized carbons (Fsp3) is 1.00. The molecule has 0 amide bonds. The Kier molecular flexibility index (Phi) is 10.7. The molecule has 1 N–H and O–H groups in total. The van der Waals surface area contributed by atoms with Gasteiger partial charge in [-0.05, 0) is 0 Å². The highest BCUT2D eigenvalue weighted by atomic mass is 19.4. The van der Waals surface area contributed by atoms with E-state index < -0.39 is 92.8 Å². The lowest BCUT2D eigenvalue weighted by Gasteiger charge is -2.36. The van der Waals surface area contributed by atoms with Crippen LogP contribution in [0.2, 0.25) is 0 Å². The molecular formula is C15H12F20O3. The Morgan fingerprint density at radius 2 is 0.684 bits per heavy atom. The number of alkyl halides is 20. The maximum atomic E-state index is 13.3. The van der Waals surface area contributed by atoms with Gasteiger partial charge in [-0.2, -0.15) is 70.2 Å². The molecule has 0 aromatic heterocycles. The molecule has 0 aromatic rings. The van der Waals surface area contributed by atoms with E-state index in [1.54, 1.807) is 0 Å². The first-order valence-corrected chi connectivity index (χ1v) is 8.91. The van der Waals surface area contributed by atoms with Crippen molar-refractivity contribution in [1.82, 2.24) is 0 Å². The summed E-state index contributed by atoms with van der Waals surface area (Å²) in [5, 5.41) is 9.12. The first kappa shape index (κ1) is 36.5. The Morgan fingerprint density at radius 3 is 0.895 bits per heavy atom. The predicted molar refractivity (Wildman–Crippen MR) is 79.2 cm³/mol. The van der Waals surface area contributed by atoms with E-state index in [4.69, 9.17) is 5.11 Å². The highest BCUT2D eigenvalue weighted by Crippen LogP contribution is 2.55. The van der Waals surface area contributed by atoms with Crippen molar-refractivity contribution in [3.05, 3.63) is 0 Å². The Morgan fingerprint density at radius 1 is 0.447 bits per heavy atom. The van der Waals surface area contributed by atoms with Gasteiger partial charge in [0.1, 0.15) is 19.3 Å². The summed E-state index contributed by atoms with van der Waals surface area (Å²) >= 11 is 0. The van der Waals surface area contributed by atoms with Gasteiger partial charge < -0.3 is 14.6 Å². The third-order valence-corrected chi connectivity index (χ3v) is 4.28. The van der Waals surface area contributed by atoms with Crippen molar-refractivity contribution >= 4 is 0 Å². The van der Waals surface area contributed by atoms with Gasteiger partial charge in [0.15, 0.2) is 0 Å². The van der Waals surface area contributed by atoms with Gasteiger partial charge in [-0.1, -0.05) is 0 Å². The summed E-state index contributed by atoms with van der Waals surface area (Å²) in [5.74, 6) is -56.1. The van der Waals surface area contributed by atoms with Crippen LogP contribution in [0.4, 0.5) is 87.8 Å². The van der Waals surface area contributed by atoms with E-state index in [1.165, 1.54) is 0 Å². The molecule has 0 saturated carbocycles. The minimum atomic E-state index is -7.40. The van der Waals surface area contributed by atoms with Crippen LogP contribution in [0.15, 0.2) is 0 Å². The molecule has 0 aliphatic carbocycles. The quantitative estimate of drug-likeness (QED) is 0.216. The van der Waals surface area contributed by atoms with Crippen molar-refractivity contribution in [2.45, 2.75) is 66.3 Å². The zero-order valence-electron chi connectivity index (χ0n) is 17.4. The molecule has 0 spiro atoms. The molecule has 0 bridgehead atoms. The fourth-order valence-electron chi connectivity index (χ4n) is 2.03. The van der Waals surface area contributed by atoms with Gasteiger partial charge in [0, 0.05) is 0 Å². The molecule has 38 heavy (non-hydrogen) atoms. The van der Waals surface area contributed by atoms with Crippen LogP contribution in [-0.2, 0) is 9.47 Å². The summed E-state index contributed by atoms with van der Waals surface area (Å²) in [4.78, 5) is 0. The highest BCUT2D eigenvalue weighted by Gasteiger charge is 2.84. The largest absolute Gasteiger partial charge is 0.388 e. The van der Waals surface area contributed by atoms with Gasteiger partial charge in [0.05, 0.1) is 13.2 Å². The molecule has 0 fully saturated rings. The molecule has 230 valence electrons. The van der Waals surface area contributed by atoms with Crippen molar-refractivity contribution in [3.8, 4) is 0 Å². The summed E-state index contributed by atoms with van der Waals surface area (Å²) in [5.41, 5.74) is 0. The van der Waals surface area contributed by atoms with Crippen LogP contribution in [0.5, 0.6) is 0 Å². The van der Waals surface area contributed by atoms with Crippen LogP contribution in [0.25, 0.3) is 0 Å².